The second-order valence-corrected chi connectivity index (χ2v) is 11.3. The van der Waals surface area contributed by atoms with E-state index < -0.39 is 0 Å². The summed E-state index contributed by atoms with van der Waals surface area (Å²) in [7, 11) is 0. The van der Waals surface area contributed by atoms with Crippen LogP contribution in [0.25, 0.3) is 59.9 Å². The van der Waals surface area contributed by atoms with Crippen LogP contribution in [0.15, 0.2) is 162 Å². The molecule has 0 fully saturated rings. The van der Waals surface area contributed by atoms with Gasteiger partial charge in [-0.3, -0.25) is 4.57 Å². The third-order valence-corrected chi connectivity index (χ3v) is 8.83. The first kappa shape index (κ1) is 24.8. The lowest BCUT2D eigenvalue weighted by Crippen LogP contribution is -2.05. The highest BCUT2D eigenvalue weighted by atomic mass is 15.1. The van der Waals surface area contributed by atoms with Gasteiger partial charge in [0.25, 0.3) is 0 Å². The highest BCUT2D eigenvalue weighted by molar-refractivity contribution is 6.34. The normalized spacial score (nSPS) is 13.8. The Balaban J connectivity index is 1.46. The zero-order valence-electron chi connectivity index (χ0n) is 24.0. The summed E-state index contributed by atoms with van der Waals surface area (Å²) in [5.41, 5.74) is 5.46. The van der Waals surface area contributed by atoms with E-state index in [2.05, 4.69) is 144 Å². The van der Waals surface area contributed by atoms with Crippen LogP contribution in [0.1, 0.15) is 17.5 Å². The van der Waals surface area contributed by atoms with Gasteiger partial charge in [0, 0.05) is 33.5 Å². The summed E-state index contributed by atoms with van der Waals surface area (Å²) in [6.07, 6.45) is 2.92. The van der Waals surface area contributed by atoms with Crippen molar-refractivity contribution in [1.82, 2.24) is 4.57 Å². The number of hydrogen-bond donors (Lipinski definition) is 0. The Bertz CT molecular complexity index is 2500. The molecule has 0 amide bonds. The SMILES string of the molecule is C1=C(n2c3c4ccccc4ccc3c3c4ccccc4c4ccccc4c32)N=C(c2ccccc2)N=C(c2ccccc2)C1. The highest BCUT2D eigenvalue weighted by Crippen LogP contribution is 2.44. The molecule has 9 rings (SSSR count). The number of rotatable bonds is 3. The van der Waals surface area contributed by atoms with Crippen molar-refractivity contribution in [3.8, 4) is 0 Å². The van der Waals surface area contributed by atoms with Gasteiger partial charge in [-0.2, -0.15) is 0 Å². The monoisotopic (exact) mass is 561 g/mol. The third kappa shape index (κ3) is 3.76. The molecule has 44 heavy (non-hydrogen) atoms. The van der Waals surface area contributed by atoms with E-state index in [4.69, 9.17) is 9.98 Å². The Morgan fingerprint density at radius 2 is 1.02 bits per heavy atom. The second-order valence-electron chi connectivity index (χ2n) is 11.3. The van der Waals surface area contributed by atoms with Crippen LogP contribution in [0.4, 0.5) is 0 Å². The van der Waals surface area contributed by atoms with Crippen LogP contribution in [0.2, 0.25) is 0 Å². The molecule has 0 radical (unpaired) electrons. The molecule has 0 saturated carbocycles. The molecule has 1 aliphatic rings. The predicted octanol–water partition coefficient (Wildman–Crippen LogP) is 10.4. The summed E-state index contributed by atoms with van der Waals surface area (Å²) in [6.45, 7) is 0. The number of benzene rings is 7. The molecule has 1 aliphatic heterocycles. The highest BCUT2D eigenvalue weighted by Gasteiger charge is 2.23. The fraction of sp³-hybridized carbons (Fsp3) is 0.0244. The van der Waals surface area contributed by atoms with Gasteiger partial charge in [0.15, 0.2) is 5.84 Å². The first-order chi connectivity index (χ1) is 21.8. The number of aliphatic imine (C=N–C) groups is 2. The Labute approximate surface area is 254 Å². The quantitative estimate of drug-likeness (QED) is 0.192. The molecular formula is C41H27N3. The smallest absolute Gasteiger partial charge is 0.161 e. The van der Waals surface area contributed by atoms with Crippen LogP contribution < -0.4 is 0 Å². The summed E-state index contributed by atoms with van der Waals surface area (Å²) in [5.74, 6) is 1.60. The summed E-state index contributed by atoms with van der Waals surface area (Å²) in [4.78, 5) is 10.6. The van der Waals surface area contributed by atoms with Crippen molar-refractivity contribution in [2.24, 2.45) is 9.98 Å². The summed E-state index contributed by atoms with van der Waals surface area (Å²) in [5, 5.41) is 9.88. The van der Waals surface area contributed by atoms with Crippen LogP contribution in [-0.2, 0) is 0 Å². The van der Waals surface area contributed by atoms with E-state index in [9.17, 15) is 0 Å². The molecule has 0 N–H and O–H groups in total. The number of allylic oxidation sites excluding steroid dienone is 1. The van der Waals surface area contributed by atoms with Crippen LogP contribution in [-0.4, -0.2) is 16.1 Å². The fourth-order valence-corrected chi connectivity index (χ4v) is 6.88. The molecule has 7 aromatic carbocycles. The standard InChI is InChI=1S/C41H27N3/c1-3-14-28(15-4-1)36-25-26-37(43-41(42-36)29-16-5-2-6-17-29)44-39-30-18-8-7-13-27(30)23-24-35(39)38-33-21-11-9-19-31(33)32-20-10-12-22-34(32)40(38)44/h1-24,26H,25H2. The Hall–Kier alpha value is -5.80. The number of aromatic nitrogens is 1. The van der Waals surface area contributed by atoms with E-state index in [0.29, 0.717) is 12.3 Å². The Morgan fingerprint density at radius 1 is 0.432 bits per heavy atom. The van der Waals surface area contributed by atoms with E-state index in [1.165, 1.54) is 54.1 Å². The molecule has 206 valence electrons. The molecule has 0 atom stereocenters. The van der Waals surface area contributed by atoms with E-state index in [-0.39, 0.29) is 0 Å². The molecular weight excluding hydrogens is 534 g/mol. The topological polar surface area (TPSA) is 29.6 Å². The first-order valence-corrected chi connectivity index (χ1v) is 15.1. The summed E-state index contributed by atoms with van der Waals surface area (Å²) >= 11 is 0. The van der Waals surface area contributed by atoms with Crippen LogP contribution in [0.3, 0.4) is 0 Å². The Kier molecular flexibility index (Phi) is 5.57. The predicted molar refractivity (Wildman–Crippen MR) is 187 cm³/mol. The molecule has 0 unspecified atom stereocenters. The molecule has 0 bridgehead atoms. The Morgan fingerprint density at radius 3 is 1.77 bits per heavy atom. The molecule has 8 aromatic rings. The van der Waals surface area contributed by atoms with Crippen LogP contribution in [0, 0.1) is 0 Å². The van der Waals surface area contributed by atoms with Gasteiger partial charge in [0.2, 0.25) is 0 Å². The molecule has 3 nitrogen and oxygen atoms in total. The van der Waals surface area contributed by atoms with Crippen molar-refractivity contribution in [2.75, 3.05) is 0 Å². The summed E-state index contributed by atoms with van der Waals surface area (Å²) in [6, 6.07) is 51.6. The van der Waals surface area contributed by atoms with Crippen molar-refractivity contribution >= 4 is 71.5 Å². The number of hydrogen-bond acceptors (Lipinski definition) is 2. The van der Waals surface area contributed by atoms with Gasteiger partial charge in [0.05, 0.1) is 16.7 Å². The van der Waals surface area contributed by atoms with E-state index in [0.717, 1.165) is 22.7 Å². The van der Waals surface area contributed by atoms with E-state index >= 15 is 0 Å². The van der Waals surface area contributed by atoms with Crippen molar-refractivity contribution in [3.05, 3.63) is 163 Å². The maximum Gasteiger partial charge on any atom is 0.161 e. The van der Waals surface area contributed by atoms with Crippen molar-refractivity contribution < 1.29 is 0 Å². The molecule has 2 heterocycles. The van der Waals surface area contributed by atoms with Gasteiger partial charge in [0.1, 0.15) is 5.82 Å². The lowest BCUT2D eigenvalue weighted by Gasteiger charge is -2.13. The average molecular weight is 562 g/mol. The lowest BCUT2D eigenvalue weighted by molar-refractivity contribution is 1.17. The van der Waals surface area contributed by atoms with Crippen molar-refractivity contribution in [1.29, 1.82) is 0 Å². The van der Waals surface area contributed by atoms with Gasteiger partial charge < -0.3 is 0 Å². The third-order valence-electron chi connectivity index (χ3n) is 8.83. The minimum absolute atomic E-state index is 0.663. The maximum atomic E-state index is 5.41. The van der Waals surface area contributed by atoms with Crippen LogP contribution >= 0.6 is 0 Å². The van der Waals surface area contributed by atoms with Crippen LogP contribution in [0.5, 0.6) is 0 Å². The molecule has 0 saturated heterocycles. The van der Waals surface area contributed by atoms with Gasteiger partial charge in [-0.25, -0.2) is 9.98 Å². The van der Waals surface area contributed by atoms with Gasteiger partial charge in [-0.1, -0.05) is 146 Å². The maximum absolute atomic E-state index is 5.41. The molecule has 0 spiro atoms. The average Bonchev–Trinajstić information content (AvgIpc) is 3.30. The number of fused-ring (bicyclic) bond motifs is 10. The number of amidine groups is 1. The molecule has 0 aliphatic carbocycles. The molecule has 1 aromatic heterocycles. The second kappa shape index (κ2) is 9.89. The summed E-state index contributed by atoms with van der Waals surface area (Å²) < 4.78 is 2.41. The zero-order valence-corrected chi connectivity index (χ0v) is 24.0. The van der Waals surface area contributed by atoms with E-state index in [1.54, 1.807) is 0 Å². The van der Waals surface area contributed by atoms with E-state index in [1.807, 2.05) is 12.1 Å². The largest absolute Gasteiger partial charge is 0.293 e. The van der Waals surface area contributed by atoms with Gasteiger partial charge >= 0.3 is 0 Å². The first-order valence-electron chi connectivity index (χ1n) is 15.1. The van der Waals surface area contributed by atoms with Gasteiger partial charge in [-0.05, 0) is 33.2 Å². The van der Waals surface area contributed by atoms with Gasteiger partial charge in [-0.15, -0.1) is 0 Å². The number of nitrogens with zero attached hydrogens (tertiary/aromatic N) is 3. The minimum atomic E-state index is 0.663. The molecule has 3 heteroatoms. The van der Waals surface area contributed by atoms with Crippen molar-refractivity contribution in [2.45, 2.75) is 6.42 Å². The lowest BCUT2D eigenvalue weighted by atomic mass is 9.96. The minimum Gasteiger partial charge on any atom is -0.293 e. The zero-order chi connectivity index (χ0) is 29.0. The van der Waals surface area contributed by atoms with Crippen molar-refractivity contribution in [3.63, 3.8) is 0 Å². The fourth-order valence-electron chi connectivity index (χ4n) is 6.88.